The zero-order valence-corrected chi connectivity index (χ0v) is 21.9. The first kappa shape index (κ1) is 24.5. The normalized spacial score (nSPS) is 13.4. The highest BCUT2D eigenvalue weighted by atomic mass is 32.2. The molecular weight excluding hydrogens is 496 g/mol. The van der Waals surface area contributed by atoms with Crippen molar-refractivity contribution < 1.29 is 9.59 Å². The van der Waals surface area contributed by atoms with Crippen molar-refractivity contribution in [2.45, 2.75) is 57.7 Å². The van der Waals surface area contributed by atoms with Crippen molar-refractivity contribution >= 4 is 56.6 Å². The number of aromatic nitrogens is 4. The first-order valence-corrected chi connectivity index (χ1v) is 13.9. The molecule has 11 heteroatoms. The summed E-state index contributed by atoms with van der Waals surface area (Å²) < 4.78 is 3.50. The van der Waals surface area contributed by atoms with Crippen LogP contribution in [0, 0.1) is 5.92 Å². The van der Waals surface area contributed by atoms with E-state index in [1.807, 2.05) is 22.6 Å². The molecule has 0 spiro atoms. The van der Waals surface area contributed by atoms with Crippen molar-refractivity contribution in [3.63, 3.8) is 0 Å². The summed E-state index contributed by atoms with van der Waals surface area (Å²) in [5, 5.41) is 13.2. The average Bonchev–Trinajstić information content (AvgIpc) is 3.44. The lowest BCUT2D eigenvalue weighted by Gasteiger charge is -2.12. The van der Waals surface area contributed by atoms with Gasteiger partial charge in [0.2, 0.25) is 11.7 Å². The van der Waals surface area contributed by atoms with Gasteiger partial charge in [-0.15, -0.1) is 21.5 Å². The van der Waals surface area contributed by atoms with Crippen molar-refractivity contribution in [2.24, 2.45) is 11.7 Å². The SMILES string of the molecule is CC(C)CCn1c(=O)c2ccccc2n2c(SCC(=O)Nc3sc4c(c3C(N)=O)CCCC4)nnc12. The summed E-state index contributed by atoms with van der Waals surface area (Å²) in [7, 11) is 0. The summed E-state index contributed by atoms with van der Waals surface area (Å²) in [6.07, 6.45) is 4.64. The number of amides is 2. The Bertz CT molecular complexity index is 1530. The fourth-order valence-electron chi connectivity index (χ4n) is 4.62. The largest absolute Gasteiger partial charge is 0.365 e. The third kappa shape index (κ3) is 4.53. The molecule has 0 saturated heterocycles. The highest BCUT2D eigenvalue weighted by molar-refractivity contribution is 7.99. The van der Waals surface area contributed by atoms with Gasteiger partial charge in [0, 0.05) is 11.4 Å². The Balaban J connectivity index is 1.43. The second-order valence-corrected chi connectivity index (χ2v) is 11.4. The number of fused-ring (bicyclic) bond motifs is 4. The van der Waals surface area contributed by atoms with Crippen LogP contribution in [0.2, 0.25) is 0 Å². The van der Waals surface area contributed by atoms with Gasteiger partial charge in [-0.1, -0.05) is 37.7 Å². The number of nitrogens with two attached hydrogens (primary N) is 1. The number of carbonyl (C=O) groups is 2. The number of thiophene rings is 1. The standard InChI is InChI=1S/C25H28N6O3S2/c1-14(2)11-12-30-23(34)15-7-3-5-9-17(15)31-24(30)28-29-25(31)35-13-19(32)27-22-20(21(26)33)16-8-4-6-10-18(16)36-22/h3,5,7,9,14H,4,6,8,10-13H2,1-2H3,(H2,26,33)(H,27,32). The molecule has 0 atom stereocenters. The lowest BCUT2D eigenvalue weighted by molar-refractivity contribution is -0.113. The predicted octanol–water partition coefficient (Wildman–Crippen LogP) is 3.86. The van der Waals surface area contributed by atoms with E-state index >= 15 is 0 Å². The Morgan fingerprint density at radius 3 is 2.75 bits per heavy atom. The van der Waals surface area contributed by atoms with Crippen LogP contribution in [0.25, 0.3) is 16.7 Å². The van der Waals surface area contributed by atoms with Gasteiger partial charge in [0.25, 0.3) is 11.5 Å². The van der Waals surface area contributed by atoms with Crippen LogP contribution in [-0.4, -0.2) is 36.7 Å². The molecule has 3 N–H and O–H groups in total. The number of rotatable bonds is 8. The number of thioether (sulfide) groups is 1. The van der Waals surface area contributed by atoms with Crippen molar-refractivity contribution in [2.75, 3.05) is 11.1 Å². The lowest BCUT2D eigenvalue weighted by Crippen LogP contribution is -2.24. The number of nitrogens with one attached hydrogen (secondary N) is 1. The molecule has 188 valence electrons. The Hall–Kier alpha value is -3.18. The van der Waals surface area contributed by atoms with E-state index < -0.39 is 5.91 Å². The van der Waals surface area contributed by atoms with Gasteiger partial charge in [0.05, 0.1) is 22.2 Å². The Morgan fingerprint density at radius 1 is 1.19 bits per heavy atom. The van der Waals surface area contributed by atoms with E-state index in [0.29, 0.717) is 44.9 Å². The van der Waals surface area contributed by atoms with Crippen LogP contribution in [0.1, 0.15) is 53.9 Å². The highest BCUT2D eigenvalue weighted by Gasteiger charge is 2.25. The minimum atomic E-state index is -0.508. The molecule has 0 aliphatic heterocycles. The molecule has 2 amide bonds. The third-order valence-corrected chi connectivity index (χ3v) is 8.55. The number of para-hydroxylation sites is 1. The van der Waals surface area contributed by atoms with Crippen molar-refractivity contribution in [1.82, 2.24) is 19.2 Å². The van der Waals surface area contributed by atoms with Gasteiger partial charge in [-0.25, -0.2) is 0 Å². The molecule has 9 nitrogen and oxygen atoms in total. The molecule has 3 heterocycles. The summed E-state index contributed by atoms with van der Waals surface area (Å²) >= 11 is 2.68. The van der Waals surface area contributed by atoms with Crippen LogP contribution in [0.3, 0.4) is 0 Å². The Labute approximate surface area is 216 Å². The number of hydrogen-bond acceptors (Lipinski definition) is 7. The summed E-state index contributed by atoms with van der Waals surface area (Å²) in [6, 6.07) is 7.36. The molecule has 0 bridgehead atoms. The van der Waals surface area contributed by atoms with Gasteiger partial charge in [-0.3, -0.25) is 23.4 Å². The van der Waals surface area contributed by atoms with Crippen LogP contribution in [0.5, 0.6) is 0 Å². The minimum absolute atomic E-state index is 0.0704. The first-order valence-electron chi connectivity index (χ1n) is 12.1. The molecular formula is C25H28N6O3S2. The molecule has 1 aromatic carbocycles. The zero-order valence-electron chi connectivity index (χ0n) is 20.2. The first-order chi connectivity index (χ1) is 17.3. The number of carbonyl (C=O) groups excluding carboxylic acids is 2. The van der Waals surface area contributed by atoms with Crippen LogP contribution in [-0.2, 0) is 24.2 Å². The molecule has 36 heavy (non-hydrogen) atoms. The highest BCUT2D eigenvalue weighted by Crippen LogP contribution is 2.38. The van der Waals surface area contributed by atoms with Gasteiger partial charge in [-0.2, -0.15) is 0 Å². The predicted molar refractivity (Wildman–Crippen MR) is 143 cm³/mol. The molecule has 1 aliphatic carbocycles. The molecule has 0 unspecified atom stereocenters. The molecule has 0 radical (unpaired) electrons. The van der Waals surface area contributed by atoms with E-state index in [1.54, 1.807) is 10.6 Å². The minimum Gasteiger partial charge on any atom is -0.365 e. The molecule has 3 aromatic heterocycles. The Morgan fingerprint density at radius 2 is 1.97 bits per heavy atom. The van der Waals surface area contributed by atoms with Gasteiger partial charge >= 0.3 is 0 Å². The summed E-state index contributed by atoms with van der Waals surface area (Å²) in [5.74, 6) is 0.198. The molecule has 0 saturated carbocycles. The van der Waals surface area contributed by atoms with Gasteiger partial charge < -0.3 is 11.1 Å². The Kier molecular flexibility index (Phi) is 6.85. The monoisotopic (exact) mass is 524 g/mol. The van der Waals surface area contributed by atoms with Gasteiger partial charge in [0.15, 0.2) is 5.16 Å². The maximum Gasteiger partial charge on any atom is 0.262 e. The van der Waals surface area contributed by atoms with Crippen LogP contribution >= 0.6 is 23.1 Å². The maximum absolute atomic E-state index is 13.2. The lowest BCUT2D eigenvalue weighted by atomic mass is 9.95. The van der Waals surface area contributed by atoms with Crippen molar-refractivity contribution in [3.05, 3.63) is 50.6 Å². The molecule has 0 fully saturated rings. The van der Waals surface area contributed by atoms with E-state index in [9.17, 15) is 14.4 Å². The van der Waals surface area contributed by atoms with Gasteiger partial charge in [-0.05, 0) is 55.7 Å². The van der Waals surface area contributed by atoms with Crippen molar-refractivity contribution in [1.29, 1.82) is 0 Å². The van der Waals surface area contributed by atoms with Gasteiger partial charge in [0.1, 0.15) is 5.00 Å². The van der Waals surface area contributed by atoms with Crippen LogP contribution in [0.4, 0.5) is 5.00 Å². The van der Waals surface area contributed by atoms with Crippen LogP contribution in [0.15, 0.2) is 34.2 Å². The molecule has 1 aliphatic rings. The quantitative estimate of drug-likeness (QED) is 0.337. The fourth-order valence-corrected chi connectivity index (χ4v) is 6.67. The topological polar surface area (TPSA) is 124 Å². The van der Waals surface area contributed by atoms with E-state index in [-0.39, 0.29) is 17.2 Å². The van der Waals surface area contributed by atoms with Crippen molar-refractivity contribution in [3.8, 4) is 0 Å². The van der Waals surface area contributed by atoms with E-state index in [4.69, 9.17) is 5.73 Å². The number of aryl methyl sites for hydroxylation is 2. The second kappa shape index (κ2) is 10.1. The zero-order chi connectivity index (χ0) is 25.4. The summed E-state index contributed by atoms with van der Waals surface area (Å²) in [5.41, 5.74) is 7.69. The third-order valence-electron chi connectivity index (χ3n) is 6.41. The number of primary amides is 1. The number of nitrogens with zero attached hydrogens (tertiary/aromatic N) is 4. The number of hydrogen-bond donors (Lipinski definition) is 2. The van der Waals surface area contributed by atoms with Crippen LogP contribution < -0.4 is 16.6 Å². The fraction of sp³-hybridized carbons (Fsp3) is 0.400. The van der Waals surface area contributed by atoms with E-state index in [0.717, 1.165) is 42.5 Å². The maximum atomic E-state index is 13.2. The van der Waals surface area contributed by atoms with E-state index in [1.165, 1.54) is 23.1 Å². The number of anilines is 1. The second-order valence-electron chi connectivity index (χ2n) is 9.39. The smallest absolute Gasteiger partial charge is 0.262 e. The molecule has 5 rings (SSSR count). The molecule has 4 aromatic rings. The van der Waals surface area contributed by atoms with E-state index in [2.05, 4.69) is 29.4 Å². The summed E-state index contributed by atoms with van der Waals surface area (Å²) in [4.78, 5) is 39.3. The average molecular weight is 525 g/mol. The summed E-state index contributed by atoms with van der Waals surface area (Å²) in [6.45, 7) is 4.76. The number of benzene rings is 1.